The summed E-state index contributed by atoms with van der Waals surface area (Å²) in [6, 6.07) is 1.88. The molecule has 0 bridgehead atoms. The molecule has 0 amide bonds. The van der Waals surface area contributed by atoms with Crippen LogP contribution in [0.2, 0.25) is 0 Å². The van der Waals surface area contributed by atoms with E-state index in [0.717, 1.165) is 23.8 Å². The molecular formula is C12H17BrN6O. The maximum Gasteiger partial charge on any atom is 0.157 e. The van der Waals surface area contributed by atoms with E-state index in [9.17, 15) is 0 Å². The van der Waals surface area contributed by atoms with E-state index >= 15 is 0 Å². The van der Waals surface area contributed by atoms with E-state index in [1.165, 1.54) is 0 Å². The minimum absolute atomic E-state index is 0.381. The topological polar surface area (TPSA) is 77.8 Å². The Kier molecular flexibility index (Phi) is 5.02. The average molecular weight is 341 g/mol. The molecule has 0 saturated heterocycles. The van der Waals surface area contributed by atoms with Crippen LogP contribution in [0.4, 0.5) is 5.82 Å². The lowest BCUT2D eigenvalue weighted by atomic mass is 10.3. The highest BCUT2D eigenvalue weighted by molar-refractivity contribution is 9.10. The maximum atomic E-state index is 5.38. The van der Waals surface area contributed by atoms with Gasteiger partial charge in [-0.1, -0.05) is 5.21 Å². The van der Waals surface area contributed by atoms with Gasteiger partial charge in [0.05, 0.1) is 5.69 Å². The summed E-state index contributed by atoms with van der Waals surface area (Å²) in [6.45, 7) is 5.75. The zero-order chi connectivity index (χ0) is 14.5. The monoisotopic (exact) mass is 340 g/mol. The van der Waals surface area contributed by atoms with Gasteiger partial charge in [-0.3, -0.25) is 0 Å². The molecule has 1 N–H and O–H groups in total. The predicted octanol–water partition coefficient (Wildman–Crippen LogP) is 2.00. The Bertz CT molecular complexity index is 566. The van der Waals surface area contributed by atoms with Crippen molar-refractivity contribution in [3.05, 3.63) is 16.5 Å². The second-order valence-electron chi connectivity index (χ2n) is 4.07. The molecule has 0 spiro atoms. The van der Waals surface area contributed by atoms with Gasteiger partial charge >= 0.3 is 0 Å². The Labute approximate surface area is 125 Å². The predicted molar refractivity (Wildman–Crippen MR) is 79.2 cm³/mol. The van der Waals surface area contributed by atoms with Gasteiger partial charge in [0, 0.05) is 26.3 Å². The van der Waals surface area contributed by atoms with Gasteiger partial charge in [-0.05, 0) is 29.8 Å². The smallest absolute Gasteiger partial charge is 0.157 e. The molecule has 0 radical (unpaired) electrons. The number of rotatable bonds is 6. The summed E-state index contributed by atoms with van der Waals surface area (Å²) >= 11 is 3.39. The second-order valence-corrected chi connectivity index (χ2v) is 4.83. The standard InChI is InChI=1S/C12H17BrN6O/c1-4-14-9-6-8(11-12(13)17-18-19(11)3)15-10(16-9)7-20-5-2/h6H,4-5,7H2,1-3H3,(H,14,15,16). The van der Waals surface area contributed by atoms with Crippen LogP contribution in [0.5, 0.6) is 0 Å². The van der Waals surface area contributed by atoms with Crippen molar-refractivity contribution in [3.8, 4) is 11.4 Å². The molecule has 0 aromatic carbocycles. The molecule has 7 nitrogen and oxygen atoms in total. The van der Waals surface area contributed by atoms with Gasteiger partial charge in [-0.25, -0.2) is 14.6 Å². The Hall–Kier alpha value is -1.54. The number of hydrogen-bond donors (Lipinski definition) is 1. The fourth-order valence-corrected chi connectivity index (χ4v) is 2.28. The number of ether oxygens (including phenoxy) is 1. The van der Waals surface area contributed by atoms with Crippen molar-refractivity contribution >= 4 is 21.7 Å². The number of anilines is 1. The summed E-state index contributed by atoms with van der Waals surface area (Å²) in [6.07, 6.45) is 0. The van der Waals surface area contributed by atoms with Gasteiger partial charge in [0.2, 0.25) is 0 Å². The van der Waals surface area contributed by atoms with Crippen molar-refractivity contribution in [1.82, 2.24) is 25.0 Å². The van der Waals surface area contributed by atoms with Gasteiger partial charge in [0.25, 0.3) is 0 Å². The van der Waals surface area contributed by atoms with E-state index in [1.807, 2.05) is 27.0 Å². The first kappa shape index (κ1) is 14.9. The molecule has 2 aromatic heterocycles. The summed E-state index contributed by atoms with van der Waals surface area (Å²) < 4.78 is 7.71. The summed E-state index contributed by atoms with van der Waals surface area (Å²) in [4.78, 5) is 8.93. The van der Waals surface area contributed by atoms with Crippen molar-refractivity contribution in [2.45, 2.75) is 20.5 Å². The molecule has 0 aliphatic heterocycles. The molecule has 8 heteroatoms. The molecule has 0 aliphatic carbocycles. The first-order valence-electron chi connectivity index (χ1n) is 6.40. The fraction of sp³-hybridized carbons (Fsp3) is 0.500. The normalized spacial score (nSPS) is 10.8. The highest BCUT2D eigenvalue weighted by atomic mass is 79.9. The highest BCUT2D eigenvalue weighted by Gasteiger charge is 2.14. The lowest BCUT2D eigenvalue weighted by Crippen LogP contribution is -2.07. The summed E-state index contributed by atoms with van der Waals surface area (Å²) in [5, 5.41) is 11.1. The maximum absolute atomic E-state index is 5.38. The minimum atomic E-state index is 0.381. The minimum Gasteiger partial charge on any atom is -0.374 e. The van der Waals surface area contributed by atoms with Crippen molar-refractivity contribution in [2.24, 2.45) is 7.05 Å². The average Bonchev–Trinajstić information content (AvgIpc) is 2.76. The molecule has 0 atom stereocenters. The lowest BCUT2D eigenvalue weighted by molar-refractivity contribution is 0.128. The Balaban J connectivity index is 2.43. The van der Waals surface area contributed by atoms with Crippen molar-refractivity contribution in [3.63, 3.8) is 0 Å². The summed E-state index contributed by atoms with van der Waals surface area (Å²) in [5.41, 5.74) is 1.56. The van der Waals surface area contributed by atoms with Crippen molar-refractivity contribution in [1.29, 1.82) is 0 Å². The van der Waals surface area contributed by atoms with Gasteiger partial charge < -0.3 is 10.1 Å². The van der Waals surface area contributed by atoms with E-state index < -0.39 is 0 Å². The molecule has 0 unspecified atom stereocenters. The Morgan fingerprint density at radius 1 is 1.35 bits per heavy atom. The van der Waals surface area contributed by atoms with Crippen LogP contribution in [-0.2, 0) is 18.4 Å². The van der Waals surface area contributed by atoms with Gasteiger partial charge in [0.15, 0.2) is 10.4 Å². The van der Waals surface area contributed by atoms with Crippen LogP contribution in [0.15, 0.2) is 10.7 Å². The van der Waals surface area contributed by atoms with Crippen LogP contribution in [0, 0.1) is 0 Å². The molecule has 20 heavy (non-hydrogen) atoms. The van der Waals surface area contributed by atoms with E-state index in [1.54, 1.807) is 4.68 Å². The van der Waals surface area contributed by atoms with Gasteiger partial charge in [-0.15, -0.1) is 5.10 Å². The zero-order valence-electron chi connectivity index (χ0n) is 11.7. The number of hydrogen-bond acceptors (Lipinski definition) is 6. The third kappa shape index (κ3) is 3.31. The largest absolute Gasteiger partial charge is 0.374 e. The third-order valence-corrected chi connectivity index (χ3v) is 3.13. The van der Waals surface area contributed by atoms with Crippen LogP contribution in [0.25, 0.3) is 11.4 Å². The Morgan fingerprint density at radius 2 is 2.15 bits per heavy atom. The molecule has 0 saturated carbocycles. The van der Waals surface area contributed by atoms with E-state index in [0.29, 0.717) is 23.6 Å². The zero-order valence-corrected chi connectivity index (χ0v) is 13.3. The van der Waals surface area contributed by atoms with Gasteiger partial charge in [-0.2, -0.15) is 0 Å². The molecule has 0 fully saturated rings. The molecule has 2 heterocycles. The first-order valence-corrected chi connectivity index (χ1v) is 7.20. The fourth-order valence-electron chi connectivity index (χ4n) is 1.75. The Morgan fingerprint density at radius 3 is 2.75 bits per heavy atom. The lowest BCUT2D eigenvalue weighted by Gasteiger charge is -2.09. The number of nitrogens with one attached hydrogen (secondary N) is 1. The van der Waals surface area contributed by atoms with E-state index in [-0.39, 0.29) is 0 Å². The number of aromatic nitrogens is 5. The first-order chi connectivity index (χ1) is 9.65. The van der Waals surface area contributed by atoms with Crippen molar-refractivity contribution < 1.29 is 4.74 Å². The third-order valence-electron chi connectivity index (χ3n) is 2.59. The van der Waals surface area contributed by atoms with Crippen LogP contribution < -0.4 is 5.32 Å². The SMILES string of the molecule is CCNc1cc(-c2c(Br)nnn2C)nc(COCC)n1. The number of nitrogens with zero attached hydrogens (tertiary/aromatic N) is 5. The van der Waals surface area contributed by atoms with E-state index in [4.69, 9.17) is 4.74 Å². The quantitative estimate of drug-likeness (QED) is 0.866. The summed E-state index contributed by atoms with van der Waals surface area (Å²) in [7, 11) is 1.82. The van der Waals surface area contributed by atoms with Crippen LogP contribution in [0.3, 0.4) is 0 Å². The summed E-state index contributed by atoms with van der Waals surface area (Å²) in [5.74, 6) is 1.40. The molecule has 2 rings (SSSR count). The second kappa shape index (κ2) is 6.76. The molecule has 0 aliphatic rings. The molecular weight excluding hydrogens is 324 g/mol. The van der Waals surface area contributed by atoms with Crippen LogP contribution in [0.1, 0.15) is 19.7 Å². The van der Waals surface area contributed by atoms with E-state index in [2.05, 4.69) is 41.5 Å². The number of halogens is 1. The highest BCUT2D eigenvalue weighted by Crippen LogP contribution is 2.25. The van der Waals surface area contributed by atoms with Crippen LogP contribution in [-0.4, -0.2) is 38.1 Å². The van der Waals surface area contributed by atoms with Crippen LogP contribution >= 0.6 is 15.9 Å². The van der Waals surface area contributed by atoms with Gasteiger partial charge in [0.1, 0.15) is 18.1 Å². The van der Waals surface area contributed by atoms with Crippen molar-refractivity contribution in [2.75, 3.05) is 18.5 Å². The molecule has 108 valence electrons. The molecule has 2 aromatic rings. The number of aryl methyl sites for hydroxylation is 1.